The number of amides is 1. The van der Waals surface area contributed by atoms with E-state index in [0.29, 0.717) is 23.4 Å². The molecule has 0 aromatic heterocycles. The maximum absolute atomic E-state index is 10.8. The molecule has 0 spiro atoms. The molecule has 8 heteroatoms. The first-order chi connectivity index (χ1) is 4.99. The van der Waals surface area contributed by atoms with Gasteiger partial charge in [-0.2, -0.15) is 0 Å². The largest absolute Gasteiger partial charge is 0.549 e. The van der Waals surface area contributed by atoms with Gasteiger partial charge in [0.1, 0.15) is 0 Å². The van der Waals surface area contributed by atoms with Crippen molar-refractivity contribution in [1.82, 2.24) is 4.31 Å². The van der Waals surface area contributed by atoms with Crippen molar-refractivity contribution in [3.63, 3.8) is 0 Å². The summed E-state index contributed by atoms with van der Waals surface area (Å²) < 4.78 is 1.15. The molecule has 11 heavy (non-hydrogen) atoms. The van der Waals surface area contributed by atoms with Crippen LogP contribution >= 0.6 is 18.5 Å². The van der Waals surface area contributed by atoms with Crippen LogP contribution in [-0.4, -0.2) is 36.5 Å². The third-order valence-electron chi connectivity index (χ3n) is 0.932. The Kier molecular flexibility index (Phi) is 2.90. The van der Waals surface area contributed by atoms with Gasteiger partial charge in [-0.05, 0) is 0 Å². The monoisotopic (exact) mass is 216 g/mol. The van der Waals surface area contributed by atoms with Gasteiger partial charge < -0.3 is 0 Å². The molecule has 0 atom stereocenters. The predicted octanol–water partition coefficient (Wildman–Crippen LogP) is -0.193. The van der Waals surface area contributed by atoms with Gasteiger partial charge in [-0.25, -0.2) is 0 Å². The van der Waals surface area contributed by atoms with Crippen LogP contribution in [0, 0.1) is 0 Å². The molecule has 1 amide bonds. The summed E-state index contributed by atoms with van der Waals surface area (Å²) in [5.74, 6) is 0.631. The average Bonchev–Trinajstić information content (AvgIpc) is 2.12. The van der Waals surface area contributed by atoms with Crippen LogP contribution in [0.5, 0.6) is 0 Å². The zero-order valence-electron chi connectivity index (χ0n) is 5.38. The Balaban J connectivity index is 2.70. The van der Waals surface area contributed by atoms with Crippen LogP contribution in [-0.2, 0) is 11.1 Å². The van der Waals surface area contributed by atoms with Crippen molar-refractivity contribution in [3.05, 3.63) is 0 Å². The highest BCUT2D eigenvalue weighted by Crippen LogP contribution is 2.33. The van der Waals surface area contributed by atoms with Crippen molar-refractivity contribution in [2.75, 3.05) is 12.3 Å². The van der Waals surface area contributed by atoms with Gasteiger partial charge in [0.2, 0.25) is 0 Å². The van der Waals surface area contributed by atoms with E-state index in [9.17, 15) is 4.79 Å². The molecular formula is C3H7NO4PS2+. The molecule has 1 fully saturated rings. The summed E-state index contributed by atoms with van der Waals surface area (Å²) in [4.78, 5) is 36.5. The van der Waals surface area contributed by atoms with Crippen molar-refractivity contribution in [1.29, 1.82) is 0 Å². The summed E-state index contributed by atoms with van der Waals surface area (Å²) in [7, 11) is 0. The summed E-state index contributed by atoms with van der Waals surface area (Å²) in [6.07, 6.45) is 0. The van der Waals surface area contributed by atoms with Gasteiger partial charge in [0.15, 0.2) is 0 Å². The predicted molar refractivity (Wildman–Crippen MR) is 45.5 cm³/mol. The quantitative estimate of drug-likeness (QED) is 0.321. The number of hydrogen-bond acceptors (Lipinski definition) is 2. The Labute approximate surface area is 71.4 Å². The Morgan fingerprint density at radius 2 is 2.18 bits per heavy atom. The van der Waals surface area contributed by atoms with E-state index >= 15 is 0 Å². The number of carbonyl (C=O) groups excluding carboxylic acids is 1. The molecule has 1 aliphatic rings. The highest BCUT2D eigenvalue weighted by Gasteiger charge is 2.35. The average molecular weight is 216 g/mol. The Bertz CT molecular complexity index is 217. The minimum Gasteiger partial charge on any atom is -0.288 e. The molecule has 1 heterocycles. The van der Waals surface area contributed by atoms with E-state index in [2.05, 4.69) is 0 Å². The van der Waals surface area contributed by atoms with Crippen molar-refractivity contribution in [3.8, 4) is 0 Å². The minimum atomic E-state index is -3.89. The highest BCUT2D eigenvalue weighted by molar-refractivity contribution is 8.19. The summed E-state index contributed by atoms with van der Waals surface area (Å²) in [5.41, 5.74) is 0. The van der Waals surface area contributed by atoms with Crippen molar-refractivity contribution in [2.24, 2.45) is 0 Å². The van der Waals surface area contributed by atoms with Gasteiger partial charge in [-0.1, -0.05) is 16.1 Å². The van der Waals surface area contributed by atoms with E-state index in [-0.39, 0.29) is 5.24 Å². The second-order valence-corrected chi connectivity index (χ2v) is 6.45. The van der Waals surface area contributed by atoms with Gasteiger partial charge in [0.25, 0.3) is 0 Å². The molecule has 0 bridgehead atoms. The molecule has 64 valence electrons. The maximum Gasteiger partial charge on any atom is 0.549 e. The lowest BCUT2D eigenvalue weighted by Crippen LogP contribution is -2.17. The summed E-state index contributed by atoms with van der Waals surface area (Å²) in [6, 6.07) is 0. The van der Waals surface area contributed by atoms with Gasteiger partial charge in [-0.3, -0.25) is 19.5 Å². The first-order valence-corrected chi connectivity index (χ1v) is 6.71. The van der Waals surface area contributed by atoms with E-state index < -0.39 is 6.72 Å². The van der Waals surface area contributed by atoms with Crippen LogP contribution < -0.4 is 0 Å². The first-order valence-electron chi connectivity index (χ1n) is 2.70. The molecule has 0 aromatic rings. The lowest BCUT2D eigenvalue weighted by molar-refractivity contribution is 0.251. The van der Waals surface area contributed by atoms with Crippen LogP contribution in [0.1, 0.15) is 0 Å². The zero-order valence-corrected chi connectivity index (χ0v) is 7.90. The summed E-state index contributed by atoms with van der Waals surface area (Å²) in [5, 5.41) is -0.239. The Morgan fingerprint density at radius 3 is 2.55 bits per heavy atom. The lowest BCUT2D eigenvalue weighted by atomic mass is 10.8. The fraction of sp³-hybridized carbons (Fsp3) is 0.667. The third-order valence-corrected chi connectivity index (χ3v) is 3.91. The molecule has 1 rings (SSSR count). The van der Waals surface area contributed by atoms with E-state index in [0.717, 1.165) is 16.1 Å². The summed E-state index contributed by atoms with van der Waals surface area (Å²) in [6.45, 7) is -3.45. The molecule has 0 aliphatic carbocycles. The molecule has 0 aromatic carbocycles. The topological polar surface area (TPSA) is 81.0 Å². The van der Waals surface area contributed by atoms with Crippen LogP contribution in [0.4, 0.5) is 4.79 Å². The van der Waals surface area contributed by atoms with E-state index in [4.69, 9.17) is 14.7 Å². The Hall–Kier alpha value is 0.350. The number of hydrogen-bond donors (Lipinski definition) is 3. The molecular weight excluding hydrogens is 209 g/mol. The number of carbonyl (C=O) groups is 1. The number of nitrogens with zero attached hydrogens (tertiary/aromatic N) is 1. The van der Waals surface area contributed by atoms with Crippen molar-refractivity contribution < 1.29 is 19.5 Å². The Morgan fingerprint density at radius 1 is 1.55 bits per heavy atom. The minimum absolute atomic E-state index is 0.239. The second-order valence-electron chi connectivity index (χ2n) is 1.81. The van der Waals surface area contributed by atoms with E-state index in [1.807, 2.05) is 0 Å². The number of rotatable bonds is 1. The van der Waals surface area contributed by atoms with Crippen LogP contribution in [0.15, 0.2) is 0 Å². The SMILES string of the molecule is O=C1SCCN1[S+]=P(O)(O)O. The lowest BCUT2D eigenvalue weighted by Gasteiger charge is -1.93. The van der Waals surface area contributed by atoms with Crippen molar-refractivity contribution >= 4 is 34.8 Å². The maximum atomic E-state index is 10.8. The normalized spacial score (nSPS) is 19.2. The van der Waals surface area contributed by atoms with E-state index in [1.165, 1.54) is 0 Å². The summed E-state index contributed by atoms with van der Waals surface area (Å²) >= 11 is 1.51. The molecule has 0 unspecified atom stereocenters. The van der Waals surface area contributed by atoms with E-state index in [1.54, 1.807) is 0 Å². The second kappa shape index (κ2) is 3.38. The van der Waals surface area contributed by atoms with Crippen LogP contribution in [0.3, 0.4) is 0 Å². The zero-order chi connectivity index (χ0) is 8.48. The standard InChI is InChI=1S/C3H7NO4PS2/c5-3-4(1-2-10-3)11-9(6,7)8/h6-8H,1-2H2/q+1. The van der Waals surface area contributed by atoms with Gasteiger partial charge in [0.05, 0.1) is 6.54 Å². The van der Waals surface area contributed by atoms with Gasteiger partial charge in [-0.15, -0.1) is 0 Å². The van der Waals surface area contributed by atoms with Crippen LogP contribution in [0.2, 0.25) is 0 Å². The fourth-order valence-electron chi connectivity index (χ4n) is 0.586. The molecule has 0 saturated carbocycles. The number of thioether (sulfide) groups is 1. The molecule has 1 aliphatic heterocycles. The van der Waals surface area contributed by atoms with Gasteiger partial charge in [0, 0.05) is 5.75 Å². The molecule has 3 N–H and O–H groups in total. The molecule has 1 saturated heterocycles. The van der Waals surface area contributed by atoms with Gasteiger partial charge >= 0.3 is 23.1 Å². The molecule has 5 nitrogen and oxygen atoms in total. The highest BCUT2D eigenvalue weighted by atomic mass is 32.5. The third kappa shape index (κ3) is 3.06. The van der Waals surface area contributed by atoms with Crippen molar-refractivity contribution in [2.45, 2.75) is 0 Å². The van der Waals surface area contributed by atoms with Crippen LogP contribution in [0.25, 0.3) is 0 Å². The smallest absolute Gasteiger partial charge is 0.288 e. The first kappa shape index (κ1) is 9.44. The molecule has 0 radical (unpaired) electrons. The fourth-order valence-corrected chi connectivity index (χ4v) is 3.59.